The highest BCUT2D eigenvalue weighted by Crippen LogP contribution is 2.28. The molecule has 0 amide bonds. The van der Waals surface area contributed by atoms with Gasteiger partial charge in [0.05, 0.1) is 11.6 Å². The lowest BCUT2D eigenvalue weighted by Gasteiger charge is -2.07. The van der Waals surface area contributed by atoms with Crippen molar-refractivity contribution in [1.29, 1.82) is 0 Å². The maximum atomic E-state index is 6.09. The van der Waals surface area contributed by atoms with Gasteiger partial charge in [-0.15, -0.1) is 11.8 Å². The molecule has 0 atom stereocenters. The van der Waals surface area contributed by atoms with Crippen LogP contribution in [0.5, 0.6) is 5.75 Å². The third-order valence-corrected chi connectivity index (χ3v) is 4.09. The summed E-state index contributed by atoms with van der Waals surface area (Å²) in [6, 6.07) is 12.8. The van der Waals surface area contributed by atoms with Crippen LogP contribution in [-0.4, -0.2) is 12.4 Å². The Morgan fingerprint density at radius 3 is 2.47 bits per heavy atom. The van der Waals surface area contributed by atoms with Crippen LogP contribution in [0.25, 0.3) is 0 Å². The molecule has 0 fully saturated rings. The fraction of sp³-hybridized carbons (Fsp3) is 0.143. The maximum Gasteiger partial charge on any atom is 0.119 e. The van der Waals surface area contributed by atoms with Crippen molar-refractivity contribution in [2.75, 3.05) is 18.1 Å². The molecule has 2 aromatic rings. The largest absolute Gasteiger partial charge is 0.493 e. The molecular weight excluding hydrogens is 301 g/mol. The molecule has 0 aliphatic heterocycles. The standard InChI is InChI=1S/C14H13Cl2NOS/c15-10-1-4-12(5-2-10)18-7-8-19-14-6-3-11(17)9-13(14)16/h1-6,9H,7-8,17H2. The number of benzene rings is 2. The van der Waals surface area contributed by atoms with Gasteiger partial charge in [0, 0.05) is 21.4 Å². The molecule has 0 bridgehead atoms. The van der Waals surface area contributed by atoms with E-state index >= 15 is 0 Å². The van der Waals surface area contributed by atoms with Crippen molar-refractivity contribution in [2.24, 2.45) is 0 Å². The van der Waals surface area contributed by atoms with Crippen LogP contribution in [-0.2, 0) is 0 Å². The molecule has 0 aliphatic carbocycles. The summed E-state index contributed by atoms with van der Waals surface area (Å²) >= 11 is 13.5. The summed E-state index contributed by atoms with van der Waals surface area (Å²) < 4.78 is 5.60. The lowest BCUT2D eigenvalue weighted by atomic mass is 10.3. The molecule has 0 saturated carbocycles. The average molecular weight is 314 g/mol. The summed E-state index contributed by atoms with van der Waals surface area (Å²) in [5.74, 6) is 1.63. The number of nitrogens with two attached hydrogens (primary N) is 1. The van der Waals surface area contributed by atoms with E-state index < -0.39 is 0 Å². The van der Waals surface area contributed by atoms with E-state index in [4.69, 9.17) is 33.7 Å². The molecule has 2 nitrogen and oxygen atoms in total. The SMILES string of the molecule is Nc1ccc(SCCOc2ccc(Cl)cc2)c(Cl)c1. The smallest absolute Gasteiger partial charge is 0.119 e. The molecule has 2 N–H and O–H groups in total. The van der Waals surface area contributed by atoms with Crippen LogP contribution in [0.4, 0.5) is 5.69 Å². The highest BCUT2D eigenvalue weighted by atomic mass is 35.5. The number of nitrogen functional groups attached to an aromatic ring is 1. The van der Waals surface area contributed by atoms with E-state index in [0.717, 1.165) is 16.4 Å². The molecule has 0 aromatic heterocycles. The minimum Gasteiger partial charge on any atom is -0.493 e. The Bertz CT molecular complexity index is 546. The normalized spacial score (nSPS) is 10.4. The molecule has 2 rings (SSSR count). The Balaban J connectivity index is 1.79. The first kappa shape index (κ1) is 14.4. The second-order valence-electron chi connectivity index (χ2n) is 3.84. The van der Waals surface area contributed by atoms with Gasteiger partial charge < -0.3 is 10.5 Å². The summed E-state index contributed by atoms with van der Waals surface area (Å²) in [5.41, 5.74) is 6.31. The Morgan fingerprint density at radius 1 is 1.05 bits per heavy atom. The van der Waals surface area contributed by atoms with E-state index in [9.17, 15) is 0 Å². The van der Waals surface area contributed by atoms with Crippen molar-refractivity contribution >= 4 is 40.7 Å². The highest BCUT2D eigenvalue weighted by molar-refractivity contribution is 7.99. The molecule has 0 unspecified atom stereocenters. The van der Waals surface area contributed by atoms with Crippen molar-refractivity contribution in [3.05, 3.63) is 52.5 Å². The van der Waals surface area contributed by atoms with Crippen molar-refractivity contribution in [2.45, 2.75) is 4.90 Å². The number of rotatable bonds is 5. The van der Waals surface area contributed by atoms with Gasteiger partial charge in [-0.05, 0) is 42.5 Å². The minimum absolute atomic E-state index is 0.604. The van der Waals surface area contributed by atoms with Crippen LogP contribution in [0, 0.1) is 0 Å². The number of thioether (sulfide) groups is 1. The zero-order valence-electron chi connectivity index (χ0n) is 10.1. The quantitative estimate of drug-likeness (QED) is 0.491. The predicted molar refractivity (Wildman–Crippen MR) is 83.5 cm³/mol. The number of halogens is 2. The molecule has 2 aromatic carbocycles. The van der Waals surface area contributed by atoms with Gasteiger partial charge in [0.15, 0.2) is 0 Å². The van der Waals surface area contributed by atoms with E-state index in [1.54, 1.807) is 30.0 Å². The second-order valence-corrected chi connectivity index (χ2v) is 5.82. The monoisotopic (exact) mass is 313 g/mol. The summed E-state index contributed by atoms with van der Waals surface area (Å²) in [7, 11) is 0. The van der Waals surface area contributed by atoms with Crippen molar-refractivity contribution in [1.82, 2.24) is 0 Å². The van der Waals surface area contributed by atoms with Gasteiger partial charge in [0.2, 0.25) is 0 Å². The first-order valence-electron chi connectivity index (χ1n) is 5.71. The van der Waals surface area contributed by atoms with Crippen LogP contribution in [0.15, 0.2) is 47.4 Å². The molecule has 100 valence electrons. The van der Waals surface area contributed by atoms with Crippen LogP contribution in [0.3, 0.4) is 0 Å². The molecular formula is C14H13Cl2NOS. The fourth-order valence-electron chi connectivity index (χ4n) is 1.48. The van der Waals surface area contributed by atoms with Crippen LogP contribution >= 0.6 is 35.0 Å². The first-order chi connectivity index (χ1) is 9.15. The fourth-order valence-corrected chi connectivity index (χ4v) is 2.70. The first-order valence-corrected chi connectivity index (χ1v) is 7.45. The van der Waals surface area contributed by atoms with E-state index in [2.05, 4.69) is 0 Å². The number of ether oxygens (including phenoxy) is 1. The Labute approximate surface area is 126 Å². The Kier molecular flexibility index (Phi) is 5.25. The molecule has 0 aliphatic rings. The van der Waals surface area contributed by atoms with E-state index in [-0.39, 0.29) is 0 Å². The molecule has 0 radical (unpaired) electrons. The average Bonchev–Trinajstić information content (AvgIpc) is 2.39. The van der Waals surface area contributed by atoms with Crippen LogP contribution in [0.2, 0.25) is 10.0 Å². The number of hydrogen-bond donors (Lipinski definition) is 1. The second kappa shape index (κ2) is 6.94. The lowest BCUT2D eigenvalue weighted by Crippen LogP contribution is -1.99. The molecule has 0 spiro atoms. The van der Waals surface area contributed by atoms with Crippen molar-refractivity contribution < 1.29 is 4.74 Å². The predicted octanol–water partition coefficient (Wildman–Crippen LogP) is 4.75. The van der Waals surface area contributed by atoms with E-state index in [0.29, 0.717) is 22.3 Å². The lowest BCUT2D eigenvalue weighted by molar-refractivity contribution is 0.344. The van der Waals surface area contributed by atoms with E-state index in [1.165, 1.54) is 0 Å². The third-order valence-electron chi connectivity index (χ3n) is 2.38. The minimum atomic E-state index is 0.604. The highest BCUT2D eigenvalue weighted by Gasteiger charge is 2.01. The van der Waals surface area contributed by atoms with Crippen LogP contribution < -0.4 is 10.5 Å². The van der Waals surface area contributed by atoms with Gasteiger partial charge in [-0.2, -0.15) is 0 Å². The molecule has 5 heteroatoms. The molecule has 0 heterocycles. The van der Waals surface area contributed by atoms with Crippen molar-refractivity contribution in [3.8, 4) is 5.75 Å². The van der Waals surface area contributed by atoms with E-state index in [1.807, 2.05) is 24.3 Å². The van der Waals surface area contributed by atoms with Gasteiger partial charge in [-0.1, -0.05) is 23.2 Å². The summed E-state index contributed by atoms with van der Waals surface area (Å²) in [6.45, 7) is 0.604. The zero-order chi connectivity index (χ0) is 13.7. The van der Waals surface area contributed by atoms with Gasteiger partial charge in [-0.3, -0.25) is 0 Å². The summed E-state index contributed by atoms with van der Waals surface area (Å²) in [4.78, 5) is 1.01. The van der Waals surface area contributed by atoms with Crippen LogP contribution in [0.1, 0.15) is 0 Å². The topological polar surface area (TPSA) is 35.2 Å². The number of anilines is 1. The Morgan fingerprint density at radius 2 is 1.79 bits per heavy atom. The van der Waals surface area contributed by atoms with Gasteiger partial charge in [0.1, 0.15) is 5.75 Å². The summed E-state index contributed by atoms with van der Waals surface area (Å²) in [6.07, 6.45) is 0. The Hall–Kier alpha value is -1.03. The van der Waals surface area contributed by atoms with Crippen molar-refractivity contribution in [3.63, 3.8) is 0 Å². The number of hydrogen-bond acceptors (Lipinski definition) is 3. The van der Waals surface area contributed by atoms with Gasteiger partial charge in [0.25, 0.3) is 0 Å². The molecule has 0 saturated heterocycles. The van der Waals surface area contributed by atoms with Gasteiger partial charge >= 0.3 is 0 Å². The summed E-state index contributed by atoms with van der Waals surface area (Å²) in [5, 5.41) is 1.38. The zero-order valence-corrected chi connectivity index (χ0v) is 12.4. The third kappa shape index (κ3) is 4.53. The molecule has 19 heavy (non-hydrogen) atoms. The maximum absolute atomic E-state index is 6.09. The van der Waals surface area contributed by atoms with Gasteiger partial charge in [-0.25, -0.2) is 0 Å².